The summed E-state index contributed by atoms with van der Waals surface area (Å²) in [4.78, 5) is 30.6. The zero-order chi connectivity index (χ0) is 19.5. The Labute approximate surface area is 162 Å². The second-order valence-corrected chi connectivity index (χ2v) is 6.93. The number of hydrogen-bond donors (Lipinski definition) is 2. The van der Waals surface area contributed by atoms with Crippen LogP contribution in [-0.4, -0.2) is 64.3 Å². The highest BCUT2D eigenvalue weighted by molar-refractivity contribution is 5.73. The molecule has 2 aliphatic rings. The van der Waals surface area contributed by atoms with E-state index in [1.165, 1.54) is 6.92 Å². The Balaban J connectivity index is 1.55. The summed E-state index contributed by atoms with van der Waals surface area (Å²) in [5.41, 5.74) is 7.00. The van der Waals surface area contributed by atoms with Crippen molar-refractivity contribution in [3.8, 4) is 17.1 Å². The molecule has 1 amide bonds. The smallest absolute Gasteiger partial charge is 0.229 e. The van der Waals surface area contributed by atoms with Crippen LogP contribution in [0, 0.1) is 0 Å². The molecule has 1 aliphatic carbocycles. The van der Waals surface area contributed by atoms with E-state index >= 15 is 0 Å². The molecule has 0 atom stereocenters. The highest BCUT2D eigenvalue weighted by Crippen LogP contribution is 2.29. The standard InChI is InChI=1S/C18H23N7O3/c1-11(26)22-13-6-14(7-13)28-16-8-15(12-9-20-17(19)21-10-12)23-18(24-16)25-2-4-27-5-3-25/h8-10,13-14H,2-7H2,1H3,(H,22,26)(H2,19,20,21). The number of nitrogens with one attached hydrogen (secondary N) is 1. The third-order valence-electron chi connectivity index (χ3n) is 4.74. The van der Waals surface area contributed by atoms with Gasteiger partial charge in [-0.3, -0.25) is 4.79 Å². The molecule has 10 nitrogen and oxygen atoms in total. The Hall–Kier alpha value is -3.01. The van der Waals surface area contributed by atoms with E-state index in [1.54, 1.807) is 18.5 Å². The van der Waals surface area contributed by atoms with Gasteiger partial charge in [-0.1, -0.05) is 0 Å². The lowest BCUT2D eigenvalue weighted by Gasteiger charge is -2.35. The Morgan fingerprint density at radius 1 is 1.25 bits per heavy atom. The quantitative estimate of drug-likeness (QED) is 0.751. The number of carbonyl (C=O) groups excluding carboxylic acids is 1. The molecule has 0 spiro atoms. The number of rotatable bonds is 5. The van der Waals surface area contributed by atoms with E-state index in [1.807, 2.05) is 0 Å². The molecular weight excluding hydrogens is 362 g/mol. The Morgan fingerprint density at radius 2 is 1.96 bits per heavy atom. The molecule has 0 bridgehead atoms. The molecule has 10 heteroatoms. The maximum Gasteiger partial charge on any atom is 0.229 e. The number of hydrogen-bond acceptors (Lipinski definition) is 9. The maximum absolute atomic E-state index is 11.1. The summed E-state index contributed by atoms with van der Waals surface area (Å²) in [5, 5.41) is 2.90. The van der Waals surface area contributed by atoms with Gasteiger partial charge < -0.3 is 25.4 Å². The van der Waals surface area contributed by atoms with Crippen LogP contribution >= 0.6 is 0 Å². The van der Waals surface area contributed by atoms with Crippen LogP contribution in [-0.2, 0) is 9.53 Å². The van der Waals surface area contributed by atoms with Crippen molar-refractivity contribution in [2.75, 3.05) is 36.9 Å². The first-order chi connectivity index (χ1) is 13.6. The zero-order valence-corrected chi connectivity index (χ0v) is 15.7. The van der Waals surface area contributed by atoms with E-state index in [2.05, 4.69) is 30.2 Å². The van der Waals surface area contributed by atoms with Gasteiger partial charge in [0.05, 0.1) is 18.9 Å². The highest BCUT2D eigenvalue weighted by atomic mass is 16.5. The van der Waals surface area contributed by atoms with Crippen LogP contribution in [0.25, 0.3) is 11.3 Å². The molecule has 3 N–H and O–H groups in total. The van der Waals surface area contributed by atoms with Crippen LogP contribution in [0.3, 0.4) is 0 Å². The summed E-state index contributed by atoms with van der Waals surface area (Å²) < 4.78 is 11.5. The molecule has 1 saturated carbocycles. The topological polar surface area (TPSA) is 128 Å². The van der Waals surface area contributed by atoms with Gasteiger partial charge in [0.15, 0.2) is 0 Å². The molecule has 0 radical (unpaired) electrons. The average Bonchev–Trinajstić information content (AvgIpc) is 2.67. The molecule has 2 aromatic rings. The first-order valence-electron chi connectivity index (χ1n) is 9.30. The lowest BCUT2D eigenvalue weighted by atomic mass is 9.89. The van der Waals surface area contributed by atoms with Crippen LogP contribution in [0.1, 0.15) is 19.8 Å². The van der Waals surface area contributed by atoms with E-state index in [0.29, 0.717) is 30.7 Å². The van der Waals surface area contributed by atoms with Crippen molar-refractivity contribution in [1.29, 1.82) is 0 Å². The van der Waals surface area contributed by atoms with Crippen LogP contribution < -0.4 is 20.7 Å². The second kappa shape index (κ2) is 7.93. The molecule has 28 heavy (non-hydrogen) atoms. The monoisotopic (exact) mass is 385 g/mol. The molecule has 0 aromatic carbocycles. The van der Waals surface area contributed by atoms with Crippen molar-refractivity contribution < 1.29 is 14.3 Å². The van der Waals surface area contributed by atoms with E-state index in [0.717, 1.165) is 31.5 Å². The zero-order valence-electron chi connectivity index (χ0n) is 15.7. The molecule has 2 fully saturated rings. The fourth-order valence-electron chi connectivity index (χ4n) is 3.23. The van der Waals surface area contributed by atoms with Crippen molar-refractivity contribution >= 4 is 17.8 Å². The Kier molecular flexibility index (Phi) is 5.20. The summed E-state index contributed by atoms with van der Waals surface area (Å²) >= 11 is 0. The third-order valence-corrected chi connectivity index (χ3v) is 4.74. The number of nitrogen functional groups attached to an aromatic ring is 1. The molecule has 1 saturated heterocycles. The summed E-state index contributed by atoms with van der Waals surface area (Å²) in [5.74, 6) is 1.27. The van der Waals surface area contributed by atoms with Gasteiger partial charge in [0.2, 0.25) is 23.7 Å². The molecule has 1 aliphatic heterocycles. The SMILES string of the molecule is CC(=O)NC1CC(Oc2cc(-c3cnc(N)nc3)nc(N3CCOCC3)n2)C1. The van der Waals surface area contributed by atoms with E-state index < -0.39 is 0 Å². The Morgan fingerprint density at radius 3 is 2.64 bits per heavy atom. The normalized spacial score (nSPS) is 21.7. The molecular formula is C18H23N7O3. The van der Waals surface area contributed by atoms with Crippen LogP contribution in [0.4, 0.5) is 11.9 Å². The fourth-order valence-corrected chi connectivity index (χ4v) is 3.23. The number of amides is 1. The minimum absolute atomic E-state index is 0.0137. The highest BCUT2D eigenvalue weighted by Gasteiger charge is 2.32. The van der Waals surface area contributed by atoms with Crippen molar-refractivity contribution in [2.45, 2.75) is 31.9 Å². The molecule has 2 aromatic heterocycles. The summed E-state index contributed by atoms with van der Waals surface area (Å²) in [6.07, 6.45) is 4.80. The summed E-state index contributed by atoms with van der Waals surface area (Å²) in [6, 6.07) is 1.94. The Bertz CT molecular complexity index is 834. The van der Waals surface area contributed by atoms with Gasteiger partial charge in [-0.15, -0.1) is 0 Å². The van der Waals surface area contributed by atoms with Gasteiger partial charge in [-0.25, -0.2) is 15.0 Å². The number of nitrogens with two attached hydrogens (primary N) is 1. The molecule has 3 heterocycles. The minimum Gasteiger partial charge on any atom is -0.474 e. The van der Waals surface area contributed by atoms with Crippen LogP contribution in [0.2, 0.25) is 0 Å². The lowest BCUT2D eigenvalue weighted by molar-refractivity contribution is -0.120. The van der Waals surface area contributed by atoms with Crippen molar-refractivity contribution in [3.05, 3.63) is 18.5 Å². The van der Waals surface area contributed by atoms with Gasteiger partial charge in [0, 0.05) is 62.9 Å². The van der Waals surface area contributed by atoms with Gasteiger partial charge in [-0.05, 0) is 0 Å². The lowest BCUT2D eigenvalue weighted by Crippen LogP contribution is -2.48. The fraction of sp³-hybridized carbons (Fsp3) is 0.500. The van der Waals surface area contributed by atoms with Crippen LogP contribution in [0.15, 0.2) is 18.5 Å². The number of carbonyl (C=O) groups is 1. The maximum atomic E-state index is 11.1. The number of morpholine rings is 1. The summed E-state index contributed by atoms with van der Waals surface area (Å²) in [6.45, 7) is 4.23. The third kappa shape index (κ3) is 4.28. The second-order valence-electron chi connectivity index (χ2n) is 6.93. The first kappa shape index (κ1) is 18.4. The van der Waals surface area contributed by atoms with Crippen molar-refractivity contribution in [1.82, 2.24) is 25.3 Å². The van der Waals surface area contributed by atoms with E-state index in [-0.39, 0.29) is 24.0 Å². The number of ether oxygens (including phenoxy) is 2. The molecule has 4 rings (SSSR count). The minimum atomic E-state index is -0.0225. The van der Waals surface area contributed by atoms with Gasteiger partial charge in [0.1, 0.15) is 6.10 Å². The van der Waals surface area contributed by atoms with Crippen molar-refractivity contribution in [2.24, 2.45) is 0 Å². The van der Waals surface area contributed by atoms with Crippen LogP contribution in [0.5, 0.6) is 5.88 Å². The predicted molar refractivity (Wildman–Crippen MR) is 102 cm³/mol. The number of nitrogens with zero attached hydrogens (tertiary/aromatic N) is 5. The molecule has 148 valence electrons. The first-order valence-corrected chi connectivity index (χ1v) is 9.30. The van der Waals surface area contributed by atoms with Gasteiger partial charge >= 0.3 is 0 Å². The molecule has 0 unspecified atom stereocenters. The van der Waals surface area contributed by atoms with Gasteiger partial charge in [0.25, 0.3) is 0 Å². The van der Waals surface area contributed by atoms with Crippen molar-refractivity contribution in [3.63, 3.8) is 0 Å². The number of aromatic nitrogens is 4. The number of anilines is 2. The average molecular weight is 385 g/mol. The predicted octanol–water partition coefficient (Wildman–Crippen LogP) is 0.398. The van der Waals surface area contributed by atoms with Gasteiger partial charge in [-0.2, -0.15) is 4.98 Å². The van der Waals surface area contributed by atoms with E-state index in [4.69, 9.17) is 15.2 Å². The largest absolute Gasteiger partial charge is 0.474 e. The summed E-state index contributed by atoms with van der Waals surface area (Å²) in [7, 11) is 0. The van der Waals surface area contributed by atoms with E-state index in [9.17, 15) is 4.79 Å².